The van der Waals surface area contributed by atoms with Gasteiger partial charge >= 0.3 is 0 Å². The molecule has 88 valence electrons. The molecule has 0 bridgehead atoms. The molecular formula is C14H14O3. The minimum atomic E-state index is -0.798. The van der Waals surface area contributed by atoms with Crippen molar-refractivity contribution in [3.8, 4) is 5.75 Å². The van der Waals surface area contributed by atoms with E-state index in [9.17, 15) is 5.11 Å². The molecule has 1 aliphatic rings. The van der Waals surface area contributed by atoms with Gasteiger partial charge in [0.05, 0.1) is 20.3 Å². The number of fused-ring (bicyclic) bond motifs is 1. The number of ether oxygens (including phenoxy) is 2. The largest absolute Gasteiger partial charge is 0.497 e. The van der Waals surface area contributed by atoms with Crippen molar-refractivity contribution in [3.63, 3.8) is 0 Å². The zero-order chi connectivity index (χ0) is 11.9. The SMILES string of the molecule is COc1ccc2cc(C3(O)COC3)ccc2c1. The molecule has 1 saturated heterocycles. The molecule has 1 heterocycles. The third-order valence-corrected chi connectivity index (χ3v) is 3.27. The second kappa shape index (κ2) is 3.72. The van der Waals surface area contributed by atoms with Gasteiger partial charge in [0, 0.05) is 0 Å². The van der Waals surface area contributed by atoms with Crippen LogP contribution in [0.25, 0.3) is 10.8 Å². The third-order valence-electron chi connectivity index (χ3n) is 3.27. The first-order chi connectivity index (χ1) is 8.21. The second-order valence-electron chi connectivity index (χ2n) is 4.45. The van der Waals surface area contributed by atoms with Gasteiger partial charge in [-0.05, 0) is 34.5 Å². The van der Waals surface area contributed by atoms with E-state index in [0.29, 0.717) is 13.2 Å². The Morgan fingerprint density at radius 3 is 2.47 bits per heavy atom. The fourth-order valence-electron chi connectivity index (χ4n) is 2.10. The van der Waals surface area contributed by atoms with E-state index in [2.05, 4.69) is 0 Å². The van der Waals surface area contributed by atoms with Crippen molar-refractivity contribution in [2.24, 2.45) is 0 Å². The Labute approximate surface area is 99.6 Å². The van der Waals surface area contributed by atoms with E-state index in [1.165, 1.54) is 0 Å². The average Bonchev–Trinajstić information content (AvgIpc) is 2.34. The normalized spacial score (nSPS) is 17.8. The summed E-state index contributed by atoms with van der Waals surface area (Å²) in [6.45, 7) is 0.767. The molecule has 0 atom stereocenters. The number of aliphatic hydroxyl groups is 1. The lowest BCUT2D eigenvalue weighted by Crippen LogP contribution is -2.46. The summed E-state index contributed by atoms with van der Waals surface area (Å²) in [4.78, 5) is 0. The molecule has 3 nitrogen and oxygen atoms in total. The quantitative estimate of drug-likeness (QED) is 0.858. The molecule has 3 heteroatoms. The summed E-state index contributed by atoms with van der Waals surface area (Å²) in [5, 5.41) is 12.4. The molecule has 0 saturated carbocycles. The maximum Gasteiger partial charge on any atom is 0.136 e. The molecule has 0 aliphatic carbocycles. The van der Waals surface area contributed by atoms with Gasteiger partial charge in [-0.25, -0.2) is 0 Å². The molecule has 3 rings (SSSR count). The van der Waals surface area contributed by atoms with E-state index < -0.39 is 5.60 Å². The topological polar surface area (TPSA) is 38.7 Å². The van der Waals surface area contributed by atoms with E-state index in [1.54, 1.807) is 7.11 Å². The molecule has 0 spiro atoms. The van der Waals surface area contributed by atoms with Gasteiger partial charge in [-0.15, -0.1) is 0 Å². The van der Waals surface area contributed by atoms with Crippen LogP contribution < -0.4 is 4.74 Å². The Kier molecular flexibility index (Phi) is 2.31. The minimum absolute atomic E-state index is 0.384. The van der Waals surface area contributed by atoms with Gasteiger partial charge in [-0.3, -0.25) is 0 Å². The van der Waals surface area contributed by atoms with Gasteiger partial charge in [-0.1, -0.05) is 18.2 Å². The molecule has 2 aromatic rings. The van der Waals surface area contributed by atoms with Crippen molar-refractivity contribution >= 4 is 10.8 Å². The van der Waals surface area contributed by atoms with Crippen LogP contribution in [0.5, 0.6) is 5.75 Å². The van der Waals surface area contributed by atoms with Crippen LogP contribution in [-0.2, 0) is 10.3 Å². The minimum Gasteiger partial charge on any atom is -0.497 e. The van der Waals surface area contributed by atoms with Crippen LogP contribution in [0.4, 0.5) is 0 Å². The summed E-state index contributed by atoms with van der Waals surface area (Å²) in [5.41, 5.74) is 0.120. The van der Waals surface area contributed by atoms with Crippen molar-refractivity contribution in [1.29, 1.82) is 0 Å². The number of hydrogen-bond donors (Lipinski definition) is 1. The Bertz CT molecular complexity index is 558. The monoisotopic (exact) mass is 230 g/mol. The van der Waals surface area contributed by atoms with E-state index in [0.717, 1.165) is 22.1 Å². The second-order valence-corrected chi connectivity index (χ2v) is 4.45. The molecule has 0 unspecified atom stereocenters. The first-order valence-electron chi connectivity index (χ1n) is 5.60. The van der Waals surface area contributed by atoms with E-state index >= 15 is 0 Å². The van der Waals surface area contributed by atoms with Gasteiger partial charge in [0.2, 0.25) is 0 Å². The summed E-state index contributed by atoms with van der Waals surface area (Å²) in [6, 6.07) is 11.9. The van der Waals surface area contributed by atoms with Crippen LogP contribution in [0.2, 0.25) is 0 Å². The summed E-state index contributed by atoms with van der Waals surface area (Å²) < 4.78 is 10.3. The summed E-state index contributed by atoms with van der Waals surface area (Å²) in [6.07, 6.45) is 0. The predicted molar refractivity (Wildman–Crippen MR) is 65.2 cm³/mol. The summed E-state index contributed by atoms with van der Waals surface area (Å²) >= 11 is 0. The Morgan fingerprint density at radius 1 is 1.12 bits per heavy atom. The van der Waals surface area contributed by atoms with Crippen LogP contribution in [-0.4, -0.2) is 25.4 Å². The summed E-state index contributed by atoms with van der Waals surface area (Å²) in [5.74, 6) is 0.843. The molecular weight excluding hydrogens is 216 g/mol. The van der Waals surface area contributed by atoms with Crippen molar-refractivity contribution in [2.45, 2.75) is 5.60 Å². The standard InChI is InChI=1S/C14H14O3/c1-16-13-5-3-10-6-12(4-2-11(10)7-13)14(15)8-17-9-14/h2-7,15H,8-9H2,1H3. The van der Waals surface area contributed by atoms with Crippen molar-refractivity contribution in [3.05, 3.63) is 42.0 Å². The molecule has 1 aliphatic heterocycles. The molecule has 0 aromatic heterocycles. The number of hydrogen-bond acceptors (Lipinski definition) is 3. The van der Waals surface area contributed by atoms with Gasteiger partial charge in [0.1, 0.15) is 11.4 Å². The van der Waals surface area contributed by atoms with E-state index in [4.69, 9.17) is 9.47 Å². The fraction of sp³-hybridized carbons (Fsp3) is 0.286. The number of benzene rings is 2. The van der Waals surface area contributed by atoms with Crippen molar-refractivity contribution < 1.29 is 14.6 Å². The van der Waals surface area contributed by atoms with Crippen LogP contribution >= 0.6 is 0 Å². The molecule has 0 radical (unpaired) electrons. The Morgan fingerprint density at radius 2 is 1.82 bits per heavy atom. The highest BCUT2D eigenvalue weighted by Crippen LogP contribution is 2.32. The highest BCUT2D eigenvalue weighted by molar-refractivity contribution is 5.84. The Balaban J connectivity index is 2.07. The number of rotatable bonds is 2. The maximum absolute atomic E-state index is 10.2. The van der Waals surface area contributed by atoms with Crippen LogP contribution in [0.1, 0.15) is 5.56 Å². The predicted octanol–water partition coefficient (Wildman–Crippen LogP) is 2.07. The van der Waals surface area contributed by atoms with Crippen molar-refractivity contribution in [2.75, 3.05) is 20.3 Å². The van der Waals surface area contributed by atoms with Crippen LogP contribution in [0.3, 0.4) is 0 Å². The molecule has 1 N–H and O–H groups in total. The molecule has 17 heavy (non-hydrogen) atoms. The van der Waals surface area contributed by atoms with Crippen LogP contribution in [0, 0.1) is 0 Å². The lowest BCUT2D eigenvalue weighted by Gasteiger charge is -2.36. The Hall–Kier alpha value is -1.58. The van der Waals surface area contributed by atoms with Crippen molar-refractivity contribution in [1.82, 2.24) is 0 Å². The molecule has 2 aromatic carbocycles. The van der Waals surface area contributed by atoms with E-state index in [-0.39, 0.29) is 0 Å². The highest BCUT2D eigenvalue weighted by atomic mass is 16.5. The highest BCUT2D eigenvalue weighted by Gasteiger charge is 2.37. The lowest BCUT2D eigenvalue weighted by molar-refractivity contribution is -0.184. The van der Waals surface area contributed by atoms with Gasteiger partial charge in [-0.2, -0.15) is 0 Å². The van der Waals surface area contributed by atoms with Gasteiger partial charge in [0.15, 0.2) is 0 Å². The smallest absolute Gasteiger partial charge is 0.136 e. The van der Waals surface area contributed by atoms with E-state index in [1.807, 2.05) is 36.4 Å². The zero-order valence-corrected chi connectivity index (χ0v) is 9.64. The zero-order valence-electron chi connectivity index (χ0n) is 9.64. The third kappa shape index (κ3) is 1.68. The lowest BCUT2D eigenvalue weighted by atomic mass is 9.90. The molecule has 0 amide bonds. The maximum atomic E-state index is 10.2. The first-order valence-corrected chi connectivity index (χ1v) is 5.60. The first kappa shape index (κ1) is 10.6. The van der Waals surface area contributed by atoms with Gasteiger partial charge in [0.25, 0.3) is 0 Å². The molecule has 1 fully saturated rings. The van der Waals surface area contributed by atoms with Gasteiger partial charge < -0.3 is 14.6 Å². The summed E-state index contributed by atoms with van der Waals surface area (Å²) in [7, 11) is 1.66. The fourth-order valence-corrected chi connectivity index (χ4v) is 2.10. The average molecular weight is 230 g/mol. The van der Waals surface area contributed by atoms with Crippen LogP contribution in [0.15, 0.2) is 36.4 Å². The number of methoxy groups -OCH3 is 1.